The first-order valence-electron chi connectivity index (χ1n) is 7.04. The summed E-state index contributed by atoms with van der Waals surface area (Å²) in [5, 5.41) is 9.60. The monoisotopic (exact) mass is 271 g/mol. The van der Waals surface area contributed by atoms with Crippen LogP contribution >= 0.6 is 0 Å². The second-order valence-corrected chi connectivity index (χ2v) is 6.56. The first-order valence-corrected chi connectivity index (χ1v) is 7.04. The maximum atomic E-state index is 11.7. The number of ether oxygens (including phenoxy) is 2. The van der Waals surface area contributed by atoms with E-state index in [4.69, 9.17) is 9.47 Å². The average molecular weight is 271 g/mol. The minimum atomic E-state index is -0.687. The van der Waals surface area contributed by atoms with Crippen LogP contribution in [0, 0.1) is 5.41 Å². The molecular formula is C14H25NO4. The standard InChI is InChI=1S/C14H25NO4/c1-11-8-15(9-13(2,3)19-11)10-14(12(16)17)4-6-18-7-5-14/h11H,4-10H2,1-3H3,(H,16,17). The maximum Gasteiger partial charge on any atom is 0.311 e. The minimum Gasteiger partial charge on any atom is -0.481 e. The van der Waals surface area contributed by atoms with Crippen LogP contribution in [0.15, 0.2) is 0 Å². The van der Waals surface area contributed by atoms with Gasteiger partial charge in [0.1, 0.15) is 0 Å². The Hall–Kier alpha value is -0.650. The highest BCUT2D eigenvalue weighted by Crippen LogP contribution is 2.33. The number of morpholine rings is 1. The van der Waals surface area contributed by atoms with Gasteiger partial charge in [-0.2, -0.15) is 0 Å². The lowest BCUT2D eigenvalue weighted by atomic mass is 9.79. The molecule has 0 aliphatic carbocycles. The van der Waals surface area contributed by atoms with Gasteiger partial charge in [0.2, 0.25) is 0 Å². The summed E-state index contributed by atoms with van der Waals surface area (Å²) >= 11 is 0. The summed E-state index contributed by atoms with van der Waals surface area (Å²) in [7, 11) is 0. The summed E-state index contributed by atoms with van der Waals surface area (Å²) in [4.78, 5) is 13.9. The molecule has 0 amide bonds. The molecule has 0 saturated carbocycles. The average Bonchev–Trinajstić information content (AvgIpc) is 2.26. The SMILES string of the molecule is CC1CN(CC2(C(=O)O)CCOCC2)CC(C)(C)O1. The minimum absolute atomic E-state index is 0.148. The zero-order chi connectivity index (χ0) is 14.1. The molecule has 0 radical (unpaired) electrons. The number of carbonyl (C=O) groups is 1. The number of hydrogen-bond donors (Lipinski definition) is 1. The van der Waals surface area contributed by atoms with E-state index in [0.717, 1.165) is 13.1 Å². The summed E-state index contributed by atoms with van der Waals surface area (Å²) in [5.41, 5.74) is -0.853. The molecule has 1 unspecified atom stereocenters. The van der Waals surface area contributed by atoms with Crippen LogP contribution in [0.4, 0.5) is 0 Å². The lowest BCUT2D eigenvalue weighted by Crippen LogP contribution is -2.56. The van der Waals surface area contributed by atoms with E-state index < -0.39 is 11.4 Å². The number of aliphatic carboxylic acids is 1. The third kappa shape index (κ3) is 3.46. The molecule has 110 valence electrons. The van der Waals surface area contributed by atoms with Gasteiger partial charge in [0.15, 0.2) is 0 Å². The second-order valence-electron chi connectivity index (χ2n) is 6.56. The third-order valence-corrected chi connectivity index (χ3v) is 4.07. The topological polar surface area (TPSA) is 59.0 Å². The fourth-order valence-corrected chi connectivity index (χ4v) is 3.34. The Morgan fingerprint density at radius 2 is 2.00 bits per heavy atom. The zero-order valence-electron chi connectivity index (χ0n) is 12.1. The third-order valence-electron chi connectivity index (χ3n) is 4.07. The van der Waals surface area contributed by atoms with Crippen molar-refractivity contribution in [3.05, 3.63) is 0 Å². The normalized spacial score (nSPS) is 31.0. The van der Waals surface area contributed by atoms with Crippen molar-refractivity contribution in [3.8, 4) is 0 Å². The molecule has 19 heavy (non-hydrogen) atoms. The fourth-order valence-electron chi connectivity index (χ4n) is 3.34. The van der Waals surface area contributed by atoms with E-state index in [1.54, 1.807) is 0 Å². The molecule has 0 aromatic carbocycles. The molecule has 0 aromatic heterocycles. The Balaban J connectivity index is 2.06. The first kappa shape index (κ1) is 14.8. The molecule has 1 atom stereocenters. The van der Waals surface area contributed by atoms with Crippen LogP contribution < -0.4 is 0 Å². The van der Waals surface area contributed by atoms with Crippen molar-refractivity contribution in [1.82, 2.24) is 4.90 Å². The van der Waals surface area contributed by atoms with Gasteiger partial charge in [-0.05, 0) is 33.6 Å². The van der Waals surface area contributed by atoms with Gasteiger partial charge in [-0.25, -0.2) is 0 Å². The predicted octanol–water partition coefficient (Wildman–Crippen LogP) is 1.37. The molecule has 2 aliphatic rings. The smallest absolute Gasteiger partial charge is 0.311 e. The van der Waals surface area contributed by atoms with E-state index in [9.17, 15) is 9.90 Å². The Morgan fingerprint density at radius 1 is 1.37 bits per heavy atom. The van der Waals surface area contributed by atoms with Gasteiger partial charge < -0.3 is 14.6 Å². The Bertz CT molecular complexity index is 336. The van der Waals surface area contributed by atoms with Crippen molar-refractivity contribution in [2.75, 3.05) is 32.8 Å². The summed E-state index contributed by atoms with van der Waals surface area (Å²) in [6.07, 6.45) is 1.36. The summed E-state index contributed by atoms with van der Waals surface area (Å²) in [6, 6.07) is 0. The van der Waals surface area contributed by atoms with Crippen LogP contribution in [0.1, 0.15) is 33.6 Å². The maximum absolute atomic E-state index is 11.7. The van der Waals surface area contributed by atoms with Crippen LogP contribution in [0.25, 0.3) is 0 Å². The van der Waals surface area contributed by atoms with Crippen molar-refractivity contribution in [3.63, 3.8) is 0 Å². The molecule has 2 fully saturated rings. The lowest BCUT2D eigenvalue weighted by molar-refractivity contribution is -0.165. The number of carboxylic acid groups (broad SMARTS) is 1. The van der Waals surface area contributed by atoms with E-state index in [2.05, 4.69) is 18.7 Å². The fraction of sp³-hybridized carbons (Fsp3) is 0.929. The number of carboxylic acids is 1. The van der Waals surface area contributed by atoms with E-state index in [1.165, 1.54) is 0 Å². The van der Waals surface area contributed by atoms with Gasteiger partial charge in [-0.15, -0.1) is 0 Å². The first-order chi connectivity index (χ1) is 8.83. The molecule has 2 aliphatic heterocycles. The summed E-state index contributed by atoms with van der Waals surface area (Å²) in [6.45, 7) is 9.46. The van der Waals surface area contributed by atoms with Crippen molar-refractivity contribution in [2.45, 2.75) is 45.3 Å². The molecular weight excluding hydrogens is 246 g/mol. The molecule has 1 N–H and O–H groups in total. The molecule has 0 aromatic rings. The summed E-state index contributed by atoms with van der Waals surface area (Å²) < 4.78 is 11.2. The molecule has 0 spiro atoms. The van der Waals surface area contributed by atoms with Crippen LogP contribution in [0.3, 0.4) is 0 Å². The Morgan fingerprint density at radius 3 is 2.53 bits per heavy atom. The van der Waals surface area contributed by atoms with Gasteiger partial charge in [0.05, 0.1) is 17.1 Å². The van der Waals surface area contributed by atoms with Crippen molar-refractivity contribution < 1.29 is 19.4 Å². The molecule has 2 heterocycles. The van der Waals surface area contributed by atoms with E-state index >= 15 is 0 Å². The number of rotatable bonds is 3. The van der Waals surface area contributed by atoms with Gasteiger partial charge in [-0.1, -0.05) is 0 Å². The van der Waals surface area contributed by atoms with E-state index in [1.807, 2.05) is 6.92 Å². The van der Waals surface area contributed by atoms with Crippen molar-refractivity contribution >= 4 is 5.97 Å². The Kier molecular flexibility index (Phi) is 4.18. The summed E-state index contributed by atoms with van der Waals surface area (Å²) in [5.74, 6) is -0.687. The molecule has 2 saturated heterocycles. The van der Waals surface area contributed by atoms with Crippen LogP contribution in [-0.4, -0.2) is 60.5 Å². The Labute approximate surface area is 114 Å². The van der Waals surface area contributed by atoms with Gasteiger partial charge in [0, 0.05) is 32.8 Å². The lowest BCUT2D eigenvalue weighted by Gasteiger charge is -2.45. The molecule has 2 rings (SSSR count). The van der Waals surface area contributed by atoms with Gasteiger partial charge in [0.25, 0.3) is 0 Å². The molecule has 5 nitrogen and oxygen atoms in total. The quantitative estimate of drug-likeness (QED) is 0.840. The molecule has 5 heteroatoms. The largest absolute Gasteiger partial charge is 0.481 e. The van der Waals surface area contributed by atoms with Crippen molar-refractivity contribution in [1.29, 1.82) is 0 Å². The zero-order valence-corrected chi connectivity index (χ0v) is 12.1. The van der Waals surface area contributed by atoms with Crippen molar-refractivity contribution in [2.24, 2.45) is 5.41 Å². The van der Waals surface area contributed by atoms with Crippen LogP contribution in [0.5, 0.6) is 0 Å². The second kappa shape index (κ2) is 5.38. The van der Waals surface area contributed by atoms with Crippen LogP contribution in [-0.2, 0) is 14.3 Å². The highest BCUT2D eigenvalue weighted by atomic mass is 16.5. The molecule has 0 bridgehead atoms. The highest BCUT2D eigenvalue weighted by Gasteiger charge is 2.43. The van der Waals surface area contributed by atoms with Crippen LogP contribution in [0.2, 0.25) is 0 Å². The number of nitrogens with zero attached hydrogens (tertiary/aromatic N) is 1. The predicted molar refractivity (Wildman–Crippen MR) is 71.2 cm³/mol. The van der Waals surface area contributed by atoms with Gasteiger partial charge >= 0.3 is 5.97 Å². The van der Waals surface area contributed by atoms with Gasteiger partial charge in [-0.3, -0.25) is 9.69 Å². The number of hydrogen-bond acceptors (Lipinski definition) is 4. The highest BCUT2D eigenvalue weighted by molar-refractivity contribution is 5.75. The van der Waals surface area contributed by atoms with E-state index in [-0.39, 0.29) is 11.7 Å². The van der Waals surface area contributed by atoms with E-state index in [0.29, 0.717) is 32.6 Å².